The van der Waals surface area contributed by atoms with E-state index in [1.165, 1.54) is 26.2 Å². The second kappa shape index (κ2) is 3.87. The number of carbonyl (C=O) groups is 1. The highest BCUT2D eigenvalue weighted by Gasteiger charge is 2.08. The molecule has 0 aliphatic rings. The van der Waals surface area contributed by atoms with E-state index in [9.17, 15) is 9.90 Å². The quantitative estimate of drug-likeness (QED) is 0.373. The molecule has 5 heteroatoms. The smallest absolute Gasteiger partial charge is 0.221 e. The lowest BCUT2D eigenvalue weighted by atomic mass is 10.2. The largest absolute Gasteiger partial charge is 0.506 e. The summed E-state index contributed by atoms with van der Waals surface area (Å²) in [6.45, 7) is 1.38. The summed E-state index contributed by atoms with van der Waals surface area (Å²) in [6.07, 6.45) is 0. The zero-order valence-electron chi connectivity index (χ0n) is 8.00. The molecule has 76 valence electrons. The van der Waals surface area contributed by atoms with Crippen LogP contribution in [-0.2, 0) is 4.79 Å². The van der Waals surface area contributed by atoms with Crippen LogP contribution in [0.15, 0.2) is 12.1 Å². The van der Waals surface area contributed by atoms with Crippen LogP contribution in [0, 0.1) is 0 Å². The fraction of sp³-hybridized carbons (Fsp3) is 0.222. The molecule has 1 rings (SSSR count). The van der Waals surface area contributed by atoms with Gasteiger partial charge in [0, 0.05) is 13.0 Å². The van der Waals surface area contributed by atoms with Crippen LogP contribution in [0.5, 0.6) is 11.5 Å². The van der Waals surface area contributed by atoms with Crippen LogP contribution in [0.4, 0.5) is 11.4 Å². The molecule has 0 saturated heterocycles. The normalized spacial score (nSPS) is 9.57. The van der Waals surface area contributed by atoms with Gasteiger partial charge in [0.2, 0.25) is 5.91 Å². The number of amides is 1. The Labute approximate surface area is 81.5 Å². The number of phenols is 1. The molecular formula is C9H12N2O3. The molecule has 0 aliphatic carbocycles. The second-order valence-corrected chi connectivity index (χ2v) is 2.79. The van der Waals surface area contributed by atoms with Crippen molar-refractivity contribution >= 4 is 17.3 Å². The molecule has 0 atom stereocenters. The van der Waals surface area contributed by atoms with E-state index in [0.717, 1.165) is 0 Å². The van der Waals surface area contributed by atoms with Crippen LogP contribution < -0.4 is 15.8 Å². The lowest BCUT2D eigenvalue weighted by Crippen LogP contribution is -2.07. The van der Waals surface area contributed by atoms with Gasteiger partial charge in [-0.05, 0) is 6.07 Å². The number of methoxy groups -OCH3 is 1. The first kappa shape index (κ1) is 10.2. The summed E-state index contributed by atoms with van der Waals surface area (Å²) in [6, 6.07) is 2.79. The van der Waals surface area contributed by atoms with Crippen LogP contribution >= 0.6 is 0 Å². The Kier molecular flexibility index (Phi) is 2.81. The highest BCUT2D eigenvalue weighted by atomic mass is 16.5. The summed E-state index contributed by atoms with van der Waals surface area (Å²) in [7, 11) is 1.44. The number of nitrogens with one attached hydrogen (secondary N) is 1. The molecule has 14 heavy (non-hydrogen) atoms. The van der Waals surface area contributed by atoms with Crippen molar-refractivity contribution in [2.45, 2.75) is 6.92 Å². The standard InChI is InChI=1S/C9H12N2O3/c1-5(12)11-7-3-6(10)8(13)4-9(7)14-2/h3-4,13H,10H2,1-2H3,(H,11,12). The van der Waals surface area contributed by atoms with E-state index in [0.29, 0.717) is 11.4 Å². The molecule has 0 radical (unpaired) electrons. The topological polar surface area (TPSA) is 84.6 Å². The number of carbonyl (C=O) groups excluding carboxylic acids is 1. The van der Waals surface area contributed by atoms with Crippen molar-refractivity contribution in [3.8, 4) is 11.5 Å². The first-order valence-electron chi connectivity index (χ1n) is 3.98. The Hall–Kier alpha value is -1.91. The maximum absolute atomic E-state index is 10.8. The van der Waals surface area contributed by atoms with E-state index in [1.807, 2.05) is 0 Å². The predicted molar refractivity (Wildman–Crippen MR) is 53.4 cm³/mol. The molecule has 1 amide bonds. The van der Waals surface area contributed by atoms with Gasteiger partial charge in [0.1, 0.15) is 11.5 Å². The van der Waals surface area contributed by atoms with E-state index in [2.05, 4.69) is 5.32 Å². The highest BCUT2D eigenvalue weighted by molar-refractivity contribution is 5.91. The van der Waals surface area contributed by atoms with E-state index in [4.69, 9.17) is 10.5 Å². The first-order chi connectivity index (χ1) is 6.54. The van der Waals surface area contributed by atoms with Crippen LogP contribution in [-0.4, -0.2) is 18.1 Å². The number of anilines is 2. The minimum atomic E-state index is -0.228. The SMILES string of the molecule is COc1cc(O)c(N)cc1NC(C)=O. The number of ether oxygens (including phenoxy) is 1. The van der Waals surface area contributed by atoms with Crippen LogP contribution in [0.3, 0.4) is 0 Å². The van der Waals surface area contributed by atoms with Gasteiger partial charge in [0.15, 0.2) is 0 Å². The fourth-order valence-electron chi connectivity index (χ4n) is 1.04. The number of nitrogens with two attached hydrogens (primary N) is 1. The van der Waals surface area contributed by atoms with E-state index in [1.54, 1.807) is 0 Å². The third-order valence-electron chi connectivity index (χ3n) is 1.66. The van der Waals surface area contributed by atoms with Gasteiger partial charge in [-0.1, -0.05) is 0 Å². The molecule has 0 bridgehead atoms. The van der Waals surface area contributed by atoms with Crippen LogP contribution in [0.2, 0.25) is 0 Å². The number of hydrogen-bond donors (Lipinski definition) is 3. The first-order valence-corrected chi connectivity index (χ1v) is 3.98. The van der Waals surface area contributed by atoms with E-state index >= 15 is 0 Å². The number of aromatic hydroxyl groups is 1. The van der Waals surface area contributed by atoms with Crippen LogP contribution in [0.25, 0.3) is 0 Å². The van der Waals surface area contributed by atoms with Gasteiger partial charge in [-0.25, -0.2) is 0 Å². The maximum Gasteiger partial charge on any atom is 0.221 e. The molecule has 0 heterocycles. The summed E-state index contributed by atoms with van der Waals surface area (Å²) in [5.41, 5.74) is 6.09. The summed E-state index contributed by atoms with van der Waals surface area (Å²) in [5.74, 6) is 0.0660. The van der Waals surface area contributed by atoms with Crippen molar-refractivity contribution in [2.24, 2.45) is 0 Å². The lowest BCUT2D eigenvalue weighted by Gasteiger charge is -2.10. The third kappa shape index (κ3) is 2.07. The Balaban J connectivity index is 3.13. The Morgan fingerprint density at radius 2 is 2.21 bits per heavy atom. The second-order valence-electron chi connectivity index (χ2n) is 2.79. The summed E-state index contributed by atoms with van der Waals surface area (Å²) < 4.78 is 4.95. The lowest BCUT2D eigenvalue weighted by molar-refractivity contribution is -0.114. The monoisotopic (exact) mass is 196 g/mol. The third-order valence-corrected chi connectivity index (χ3v) is 1.66. The highest BCUT2D eigenvalue weighted by Crippen LogP contribution is 2.33. The maximum atomic E-state index is 10.8. The molecule has 5 nitrogen and oxygen atoms in total. The van der Waals surface area contributed by atoms with Crippen molar-refractivity contribution in [2.75, 3.05) is 18.2 Å². The molecular weight excluding hydrogens is 184 g/mol. The van der Waals surface area contributed by atoms with Crippen molar-refractivity contribution in [1.82, 2.24) is 0 Å². The molecule has 1 aromatic carbocycles. The number of benzene rings is 1. The molecule has 0 aliphatic heterocycles. The van der Waals surface area contributed by atoms with Crippen molar-refractivity contribution in [3.05, 3.63) is 12.1 Å². The number of nitrogen functional groups attached to an aromatic ring is 1. The van der Waals surface area contributed by atoms with Crippen molar-refractivity contribution in [1.29, 1.82) is 0 Å². The molecule has 0 spiro atoms. The Morgan fingerprint density at radius 3 is 2.71 bits per heavy atom. The van der Waals surface area contributed by atoms with Gasteiger partial charge in [0.25, 0.3) is 0 Å². The number of rotatable bonds is 2. The van der Waals surface area contributed by atoms with Crippen LogP contribution in [0.1, 0.15) is 6.92 Å². The van der Waals surface area contributed by atoms with Gasteiger partial charge >= 0.3 is 0 Å². The molecule has 0 saturated carbocycles. The van der Waals surface area contributed by atoms with E-state index in [-0.39, 0.29) is 17.3 Å². The minimum Gasteiger partial charge on any atom is -0.506 e. The van der Waals surface area contributed by atoms with Crippen molar-refractivity contribution in [3.63, 3.8) is 0 Å². The van der Waals surface area contributed by atoms with Crippen molar-refractivity contribution < 1.29 is 14.6 Å². The van der Waals surface area contributed by atoms with Gasteiger partial charge in [0.05, 0.1) is 18.5 Å². The number of phenolic OH excluding ortho intramolecular Hbond substituents is 1. The van der Waals surface area contributed by atoms with Gasteiger partial charge in [-0.2, -0.15) is 0 Å². The zero-order chi connectivity index (χ0) is 10.7. The summed E-state index contributed by atoms with van der Waals surface area (Å²) >= 11 is 0. The zero-order valence-corrected chi connectivity index (χ0v) is 8.00. The fourth-order valence-corrected chi connectivity index (χ4v) is 1.04. The molecule has 4 N–H and O–H groups in total. The van der Waals surface area contributed by atoms with E-state index < -0.39 is 0 Å². The Bertz CT molecular complexity index is 363. The van der Waals surface area contributed by atoms with Gasteiger partial charge in [-0.15, -0.1) is 0 Å². The average Bonchev–Trinajstić information content (AvgIpc) is 2.10. The number of hydrogen-bond acceptors (Lipinski definition) is 4. The van der Waals surface area contributed by atoms with Gasteiger partial charge in [-0.3, -0.25) is 4.79 Å². The predicted octanol–water partition coefficient (Wildman–Crippen LogP) is 0.941. The molecule has 1 aromatic rings. The average molecular weight is 196 g/mol. The summed E-state index contributed by atoms with van der Waals surface area (Å²) in [4.78, 5) is 10.8. The molecule has 0 fully saturated rings. The molecule has 0 unspecified atom stereocenters. The minimum absolute atomic E-state index is 0.0732. The molecule has 0 aromatic heterocycles. The summed E-state index contributed by atoms with van der Waals surface area (Å²) in [5, 5.41) is 11.8. The van der Waals surface area contributed by atoms with Gasteiger partial charge < -0.3 is 20.9 Å². The Morgan fingerprint density at radius 1 is 1.57 bits per heavy atom.